The Labute approximate surface area is 123 Å². The maximum Gasteiger partial charge on any atom is 0.319 e. The van der Waals surface area contributed by atoms with Gasteiger partial charge < -0.3 is 30.5 Å². The van der Waals surface area contributed by atoms with Crippen LogP contribution in [0.5, 0.6) is 11.5 Å². The van der Waals surface area contributed by atoms with Gasteiger partial charge in [0.1, 0.15) is 0 Å². The first-order valence-corrected chi connectivity index (χ1v) is 6.82. The number of methoxy groups -OCH3 is 2. The number of piperidine rings is 1. The summed E-state index contributed by atoms with van der Waals surface area (Å²) in [6.07, 6.45) is 0.101. The minimum Gasteiger partial charge on any atom is -0.493 e. The predicted octanol–water partition coefficient (Wildman–Crippen LogP) is 0.548. The summed E-state index contributed by atoms with van der Waals surface area (Å²) >= 11 is 0. The lowest BCUT2D eigenvalue weighted by atomic mass is 10.0. The molecule has 0 saturated carbocycles. The Balaban J connectivity index is 1.96. The molecule has 7 nitrogen and oxygen atoms in total. The molecule has 116 valence electrons. The molecule has 2 atom stereocenters. The van der Waals surface area contributed by atoms with Crippen LogP contribution in [0, 0.1) is 0 Å². The molecule has 0 unspecified atom stereocenters. The number of benzene rings is 1. The van der Waals surface area contributed by atoms with Crippen molar-refractivity contribution in [2.75, 3.05) is 32.6 Å². The number of anilines is 1. The van der Waals surface area contributed by atoms with E-state index in [1.165, 1.54) is 7.11 Å². The van der Waals surface area contributed by atoms with Crippen molar-refractivity contribution >= 4 is 11.7 Å². The molecule has 1 heterocycles. The van der Waals surface area contributed by atoms with E-state index in [2.05, 4.69) is 16.0 Å². The van der Waals surface area contributed by atoms with Gasteiger partial charge >= 0.3 is 6.03 Å². The van der Waals surface area contributed by atoms with Crippen molar-refractivity contribution in [1.82, 2.24) is 10.6 Å². The summed E-state index contributed by atoms with van der Waals surface area (Å²) in [5, 5.41) is 18.4. The highest BCUT2D eigenvalue weighted by molar-refractivity contribution is 5.89. The summed E-state index contributed by atoms with van der Waals surface area (Å²) in [7, 11) is 3.08. The van der Waals surface area contributed by atoms with Crippen LogP contribution in [0.25, 0.3) is 0 Å². The van der Waals surface area contributed by atoms with Crippen LogP contribution in [0.4, 0.5) is 10.5 Å². The van der Waals surface area contributed by atoms with Crippen molar-refractivity contribution in [3.8, 4) is 11.5 Å². The van der Waals surface area contributed by atoms with E-state index in [1.807, 2.05) is 0 Å². The lowest BCUT2D eigenvalue weighted by Crippen LogP contribution is -2.54. The van der Waals surface area contributed by atoms with Crippen LogP contribution in [0.2, 0.25) is 0 Å². The number of rotatable bonds is 4. The SMILES string of the molecule is COc1ccc(NC(=O)N[C@H]2CNCC[C@H]2O)cc1OC. The zero-order valence-electron chi connectivity index (χ0n) is 12.2. The van der Waals surface area contributed by atoms with Gasteiger partial charge in [0.15, 0.2) is 11.5 Å². The molecular weight excluding hydrogens is 274 g/mol. The number of aliphatic hydroxyl groups excluding tert-OH is 1. The smallest absolute Gasteiger partial charge is 0.319 e. The second-order valence-corrected chi connectivity index (χ2v) is 4.83. The van der Waals surface area contributed by atoms with Crippen LogP contribution in [0.1, 0.15) is 6.42 Å². The standard InChI is InChI=1S/C14H21N3O4/c1-20-12-4-3-9(7-13(12)21-2)16-14(19)17-10-8-15-6-5-11(10)18/h3-4,7,10-11,15,18H,5-6,8H2,1-2H3,(H2,16,17,19)/t10-,11+/m0/s1. The number of carbonyl (C=O) groups is 1. The average Bonchev–Trinajstić information content (AvgIpc) is 2.49. The third kappa shape index (κ3) is 3.99. The molecule has 1 aromatic carbocycles. The van der Waals surface area contributed by atoms with Crippen molar-refractivity contribution in [2.45, 2.75) is 18.6 Å². The Hall–Kier alpha value is -1.99. The molecule has 2 rings (SSSR count). The molecule has 7 heteroatoms. The topological polar surface area (TPSA) is 91.9 Å². The molecule has 0 radical (unpaired) electrons. The zero-order valence-corrected chi connectivity index (χ0v) is 12.2. The molecule has 1 fully saturated rings. The summed E-state index contributed by atoms with van der Waals surface area (Å²) < 4.78 is 10.3. The van der Waals surface area contributed by atoms with Gasteiger partial charge in [0.05, 0.1) is 26.4 Å². The molecule has 0 aliphatic carbocycles. The van der Waals surface area contributed by atoms with Crippen molar-refractivity contribution < 1.29 is 19.4 Å². The maximum absolute atomic E-state index is 11.9. The Bertz CT molecular complexity index is 495. The van der Waals surface area contributed by atoms with Gasteiger partial charge in [0.2, 0.25) is 0 Å². The number of hydrogen-bond acceptors (Lipinski definition) is 5. The zero-order chi connectivity index (χ0) is 15.2. The van der Waals surface area contributed by atoms with Crippen LogP contribution in [0.3, 0.4) is 0 Å². The van der Waals surface area contributed by atoms with Gasteiger partial charge in [-0.15, -0.1) is 0 Å². The van der Waals surface area contributed by atoms with E-state index in [-0.39, 0.29) is 12.1 Å². The Morgan fingerprint density at radius 1 is 1.33 bits per heavy atom. The third-order valence-electron chi connectivity index (χ3n) is 3.40. The largest absolute Gasteiger partial charge is 0.493 e. The number of carbonyl (C=O) groups excluding carboxylic acids is 1. The Morgan fingerprint density at radius 2 is 2.10 bits per heavy atom. The van der Waals surface area contributed by atoms with Crippen molar-refractivity contribution in [2.24, 2.45) is 0 Å². The number of amides is 2. The third-order valence-corrected chi connectivity index (χ3v) is 3.40. The van der Waals surface area contributed by atoms with Gasteiger partial charge in [-0.2, -0.15) is 0 Å². The van der Waals surface area contributed by atoms with E-state index in [1.54, 1.807) is 25.3 Å². The number of nitrogens with one attached hydrogen (secondary N) is 3. The van der Waals surface area contributed by atoms with Gasteiger partial charge in [-0.05, 0) is 25.1 Å². The van der Waals surface area contributed by atoms with Gasteiger partial charge in [0.25, 0.3) is 0 Å². The lowest BCUT2D eigenvalue weighted by Gasteiger charge is -2.29. The average molecular weight is 295 g/mol. The quantitative estimate of drug-likeness (QED) is 0.651. The first-order chi connectivity index (χ1) is 10.1. The van der Waals surface area contributed by atoms with E-state index < -0.39 is 6.10 Å². The highest BCUT2D eigenvalue weighted by Crippen LogP contribution is 2.29. The molecule has 1 saturated heterocycles. The van der Waals surface area contributed by atoms with E-state index in [0.717, 1.165) is 6.54 Å². The second kappa shape index (κ2) is 7.14. The molecule has 0 spiro atoms. The van der Waals surface area contributed by atoms with Crippen molar-refractivity contribution in [3.63, 3.8) is 0 Å². The molecule has 4 N–H and O–H groups in total. The molecule has 0 aromatic heterocycles. The Morgan fingerprint density at radius 3 is 2.76 bits per heavy atom. The summed E-state index contributed by atoms with van der Waals surface area (Å²) in [4.78, 5) is 11.9. The summed E-state index contributed by atoms with van der Waals surface area (Å²) in [5.74, 6) is 1.13. The highest BCUT2D eigenvalue weighted by atomic mass is 16.5. The summed E-state index contributed by atoms with van der Waals surface area (Å²) in [6, 6.07) is 4.45. The van der Waals surface area contributed by atoms with Crippen LogP contribution >= 0.6 is 0 Å². The van der Waals surface area contributed by atoms with E-state index in [9.17, 15) is 9.90 Å². The number of ether oxygens (including phenoxy) is 2. The van der Waals surface area contributed by atoms with Crippen molar-refractivity contribution in [3.05, 3.63) is 18.2 Å². The fourth-order valence-electron chi connectivity index (χ4n) is 2.24. The summed E-state index contributed by atoms with van der Waals surface area (Å²) in [5.41, 5.74) is 0.586. The molecule has 1 aromatic rings. The highest BCUT2D eigenvalue weighted by Gasteiger charge is 2.24. The molecule has 21 heavy (non-hydrogen) atoms. The molecule has 1 aliphatic rings. The molecule has 2 amide bonds. The van der Waals surface area contributed by atoms with Gasteiger partial charge in [-0.25, -0.2) is 4.79 Å². The van der Waals surface area contributed by atoms with Gasteiger partial charge in [-0.1, -0.05) is 0 Å². The Kier molecular flexibility index (Phi) is 5.24. The number of urea groups is 1. The lowest BCUT2D eigenvalue weighted by molar-refractivity contribution is 0.103. The first kappa shape index (κ1) is 15.4. The monoisotopic (exact) mass is 295 g/mol. The molecule has 1 aliphatic heterocycles. The fourth-order valence-corrected chi connectivity index (χ4v) is 2.24. The van der Waals surface area contributed by atoms with Crippen LogP contribution in [0.15, 0.2) is 18.2 Å². The van der Waals surface area contributed by atoms with Crippen LogP contribution in [-0.2, 0) is 0 Å². The fraction of sp³-hybridized carbons (Fsp3) is 0.500. The van der Waals surface area contributed by atoms with Gasteiger partial charge in [0, 0.05) is 18.3 Å². The number of hydrogen-bond donors (Lipinski definition) is 4. The predicted molar refractivity (Wildman–Crippen MR) is 79.0 cm³/mol. The van der Waals surface area contributed by atoms with Gasteiger partial charge in [-0.3, -0.25) is 0 Å². The van der Waals surface area contributed by atoms with E-state index in [0.29, 0.717) is 30.2 Å². The van der Waals surface area contributed by atoms with Crippen LogP contribution in [-0.4, -0.2) is 50.6 Å². The first-order valence-electron chi connectivity index (χ1n) is 6.82. The minimum atomic E-state index is -0.526. The van der Waals surface area contributed by atoms with Crippen LogP contribution < -0.4 is 25.4 Å². The second-order valence-electron chi connectivity index (χ2n) is 4.83. The van der Waals surface area contributed by atoms with E-state index in [4.69, 9.17) is 9.47 Å². The minimum absolute atomic E-state index is 0.293. The van der Waals surface area contributed by atoms with E-state index >= 15 is 0 Å². The molecular formula is C14H21N3O4. The normalized spacial score (nSPS) is 21.5. The molecule has 0 bridgehead atoms. The summed E-state index contributed by atoms with van der Waals surface area (Å²) in [6.45, 7) is 1.32. The van der Waals surface area contributed by atoms with Crippen molar-refractivity contribution in [1.29, 1.82) is 0 Å². The maximum atomic E-state index is 11.9. The number of aliphatic hydroxyl groups is 1.